The molecule has 0 saturated carbocycles. The number of carbonyl (C=O) groups excluding carboxylic acids is 2. The SMILES string of the molecule is CC[C@H](NC(O)[C@H](C)NC(=O)OCc1cccnc1)C(=O)N[C@H](CO)CC(C)C. The molecule has 9 heteroatoms. The summed E-state index contributed by atoms with van der Waals surface area (Å²) in [6.45, 7) is 7.34. The van der Waals surface area contributed by atoms with Crippen LogP contribution in [0.3, 0.4) is 0 Å². The number of carbonyl (C=O) groups is 2. The molecule has 0 radical (unpaired) electrons. The molecule has 29 heavy (non-hydrogen) atoms. The summed E-state index contributed by atoms with van der Waals surface area (Å²) in [7, 11) is 0. The van der Waals surface area contributed by atoms with Crippen molar-refractivity contribution in [2.45, 2.75) is 71.5 Å². The van der Waals surface area contributed by atoms with E-state index in [0.717, 1.165) is 5.56 Å². The van der Waals surface area contributed by atoms with Gasteiger partial charge in [0, 0.05) is 18.0 Å². The highest BCUT2D eigenvalue weighted by molar-refractivity contribution is 5.82. The zero-order valence-corrected chi connectivity index (χ0v) is 17.6. The Labute approximate surface area is 172 Å². The first kappa shape index (κ1) is 24.8. The van der Waals surface area contributed by atoms with E-state index in [0.29, 0.717) is 18.8 Å². The molecular formula is C20H34N4O5. The van der Waals surface area contributed by atoms with Crippen LogP contribution in [0.25, 0.3) is 0 Å². The lowest BCUT2D eigenvalue weighted by Crippen LogP contribution is -2.56. The van der Waals surface area contributed by atoms with E-state index in [1.165, 1.54) is 0 Å². The van der Waals surface area contributed by atoms with Crippen LogP contribution in [-0.2, 0) is 16.1 Å². The van der Waals surface area contributed by atoms with Gasteiger partial charge in [0.15, 0.2) is 0 Å². The average molecular weight is 411 g/mol. The Balaban J connectivity index is 2.47. The molecule has 0 aliphatic heterocycles. The molecule has 0 aromatic carbocycles. The average Bonchev–Trinajstić information content (AvgIpc) is 2.69. The minimum absolute atomic E-state index is 0.0638. The van der Waals surface area contributed by atoms with Crippen molar-refractivity contribution in [1.82, 2.24) is 20.9 Å². The van der Waals surface area contributed by atoms with E-state index in [-0.39, 0.29) is 25.2 Å². The number of hydrogen-bond acceptors (Lipinski definition) is 7. The molecule has 1 aromatic rings. The Bertz CT molecular complexity index is 614. The minimum atomic E-state index is -1.16. The monoisotopic (exact) mass is 410 g/mol. The van der Waals surface area contributed by atoms with E-state index in [1.54, 1.807) is 38.4 Å². The maximum Gasteiger partial charge on any atom is 0.407 e. The van der Waals surface area contributed by atoms with Gasteiger partial charge in [-0.3, -0.25) is 15.1 Å². The first-order chi connectivity index (χ1) is 13.8. The predicted octanol–water partition coefficient (Wildman–Crippen LogP) is 0.906. The van der Waals surface area contributed by atoms with Crippen LogP contribution in [0.4, 0.5) is 4.79 Å². The standard InChI is InChI=1S/C20H34N4O5/c1-5-17(19(27)23-16(11-25)9-13(2)3)24-18(26)14(4)22-20(28)29-12-15-7-6-8-21-10-15/h6-8,10,13-14,16-18,24-26H,5,9,11-12H2,1-4H3,(H,22,28)(H,23,27)/t14-,16-,17-,18?/m0/s1. The fraction of sp³-hybridized carbons (Fsp3) is 0.650. The second kappa shape index (κ2) is 13.1. The molecular weight excluding hydrogens is 376 g/mol. The number of nitrogens with one attached hydrogen (secondary N) is 3. The van der Waals surface area contributed by atoms with E-state index < -0.39 is 24.4 Å². The van der Waals surface area contributed by atoms with Gasteiger partial charge in [0.2, 0.25) is 5.91 Å². The molecule has 5 N–H and O–H groups in total. The second-order valence-electron chi connectivity index (χ2n) is 7.46. The zero-order valence-electron chi connectivity index (χ0n) is 17.6. The van der Waals surface area contributed by atoms with Gasteiger partial charge in [0.25, 0.3) is 0 Å². The third-order valence-electron chi connectivity index (χ3n) is 4.33. The van der Waals surface area contributed by atoms with Gasteiger partial charge in [-0.2, -0.15) is 0 Å². The summed E-state index contributed by atoms with van der Waals surface area (Å²) in [5, 5.41) is 27.9. The van der Waals surface area contributed by atoms with Crippen molar-refractivity contribution in [2.75, 3.05) is 6.61 Å². The summed E-state index contributed by atoms with van der Waals surface area (Å²) in [4.78, 5) is 28.3. The molecule has 1 rings (SSSR count). The minimum Gasteiger partial charge on any atom is -0.445 e. The van der Waals surface area contributed by atoms with Crippen molar-refractivity contribution in [3.8, 4) is 0 Å². The van der Waals surface area contributed by atoms with Crippen LogP contribution in [0.2, 0.25) is 0 Å². The summed E-state index contributed by atoms with van der Waals surface area (Å²) in [6, 6.07) is 1.83. The van der Waals surface area contributed by atoms with E-state index in [4.69, 9.17) is 4.74 Å². The number of aliphatic hydroxyl groups excluding tert-OH is 2. The quantitative estimate of drug-likeness (QED) is 0.323. The Morgan fingerprint density at radius 1 is 1.24 bits per heavy atom. The highest BCUT2D eigenvalue weighted by Gasteiger charge is 2.25. The number of aromatic nitrogens is 1. The number of pyridine rings is 1. The third-order valence-corrected chi connectivity index (χ3v) is 4.33. The van der Waals surface area contributed by atoms with Crippen LogP contribution in [0.1, 0.15) is 46.1 Å². The highest BCUT2D eigenvalue weighted by atomic mass is 16.5. The van der Waals surface area contributed by atoms with Gasteiger partial charge in [-0.15, -0.1) is 0 Å². The molecule has 1 unspecified atom stereocenters. The van der Waals surface area contributed by atoms with Gasteiger partial charge >= 0.3 is 6.09 Å². The molecule has 0 fully saturated rings. The Kier molecular flexibility index (Phi) is 11.2. The third kappa shape index (κ3) is 9.69. The predicted molar refractivity (Wildman–Crippen MR) is 109 cm³/mol. The summed E-state index contributed by atoms with van der Waals surface area (Å²) in [5.74, 6) is 0.0191. The van der Waals surface area contributed by atoms with Crippen LogP contribution in [0, 0.1) is 5.92 Å². The number of rotatable bonds is 12. The van der Waals surface area contributed by atoms with E-state index in [1.807, 2.05) is 13.8 Å². The molecule has 0 saturated heterocycles. The van der Waals surface area contributed by atoms with Crippen LogP contribution in [0.15, 0.2) is 24.5 Å². The van der Waals surface area contributed by atoms with Crippen LogP contribution in [-0.4, -0.2) is 58.2 Å². The van der Waals surface area contributed by atoms with Gasteiger partial charge in [-0.05, 0) is 31.7 Å². The highest BCUT2D eigenvalue weighted by Crippen LogP contribution is 2.06. The smallest absolute Gasteiger partial charge is 0.407 e. The number of nitrogens with zero attached hydrogens (tertiary/aromatic N) is 1. The fourth-order valence-electron chi connectivity index (χ4n) is 2.72. The van der Waals surface area contributed by atoms with Crippen molar-refractivity contribution in [2.24, 2.45) is 5.92 Å². The summed E-state index contributed by atoms with van der Waals surface area (Å²) < 4.78 is 5.10. The Morgan fingerprint density at radius 3 is 2.52 bits per heavy atom. The summed E-state index contributed by atoms with van der Waals surface area (Å²) >= 11 is 0. The first-order valence-electron chi connectivity index (χ1n) is 9.94. The van der Waals surface area contributed by atoms with Gasteiger partial charge < -0.3 is 25.6 Å². The van der Waals surface area contributed by atoms with Crippen LogP contribution in [0.5, 0.6) is 0 Å². The van der Waals surface area contributed by atoms with E-state index in [9.17, 15) is 19.8 Å². The van der Waals surface area contributed by atoms with E-state index in [2.05, 4.69) is 20.9 Å². The van der Waals surface area contributed by atoms with Gasteiger partial charge in [0.05, 0.1) is 24.7 Å². The maximum atomic E-state index is 12.5. The van der Waals surface area contributed by atoms with Gasteiger partial charge in [-0.1, -0.05) is 26.8 Å². The Hall–Kier alpha value is -2.23. The Morgan fingerprint density at radius 2 is 1.97 bits per heavy atom. The van der Waals surface area contributed by atoms with Crippen molar-refractivity contribution >= 4 is 12.0 Å². The maximum absolute atomic E-state index is 12.5. The normalized spacial score (nSPS) is 15.3. The molecule has 2 amide bonds. The lowest BCUT2D eigenvalue weighted by molar-refractivity contribution is -0.125. The first-order valence-corrected chi connectivity index (χ1v) is 9.94. The number of amides is 2. The topological polar surface area (TPSA) is 133 Å². The lowest BCUT2D eigenvalue weighted by atomic mass is 10.0. The largest absolute Gasteiger partial charge is 0.445 e. The molecule has 1 aromatic heterocycles. The van der Waals surface area contributed by atoms with Gasteiger partial charge in [0.1, 0.15) is 12.8 Å². The second-order valence-corrected chi connectivity index (χ2v) is 7.46. The summed E-state index contributed by atoms with van der Waals surface area (Å²) in [5.41, 5.74) is 0.747. The molecule has 4 atom stereocenters. The van der Waals surface area contributed by atoms with E-state index >= 15 is 0 Å². The summed E-state index contributed by atoms with van der Waals surface area (Å²) in [6.07, 6.45) is 2.46. The number of aliphatic hydroxyl groups is 2. The molecule has 1 heterocycles. The van der Waals surface area contributed by atoms with Crippen molar-refractivity contribution in [1.29, 1.82) is 0 Å². The van der Waals surface area contributed by atoms with Crippen LogP contribution < -0.4 is 16.0 Å². The van der Waals surface area contributed by atoms with Gasteiger partial charge in [-0.25, -0.2) is 4.79 Å². The molecule has 0 spiro atoms. The molecule has 0 bridgehead atoms. The molecule has 9 nitrogen and oxygen atoms in total. The fourth-order valence-corrected chi connectivity index (χ4v) is 2.72. The van der Waals surface area contributed by atoms with Crippen molar-refractivity contribution in [3.05, 3.63) is 30.1 Å². The number of ether oxygens (including phenoxy) is 1. The molecule has 164 valence electrons. The van der Waals surface area contributed by atoms with Crippen molar-refractivity contribution in [3.63, 3.8) is 0 Å². The number of alkyl carbamates (subject to hydrolysis) is 1. The van der Waals surface area contributed by atoms with Crippen LogP contribution >= 0.6 is 0 Å². The number of hydrogen-bond donors (Lipinski definition) is 5. The zero-order chi connectivity index (χ0) is 21.8. The molecule has 0 aliphatic rings. The van der Waals surface area contributed by atoms with Crippen molar-refractivity contribution < 1.29 is 24.5 Å². The lowest BCUT2D eigenvalue weighted by Gasteiger charge is -2.27. The molecule has 0 aliphatic carbocycles.